The quantitative estimate of drug-likeness (QED) is 0.511. The summed E-state index contributed by atoms with van der Waals surface area (Å²) in [7, 11) is -1.16. The molecule has 2 heteroatoms. The molecule has 1 nitrogen and oxygen atoms in total. The van der Waals surface area contributed by atoms with Crippen molar-refractivity contribution < 1.29 is 0 Å². The lowest BCUT2D eigenvalue weighted by Crippen LogP contribution is -2.35. The van der Waals surface area contributed by atoms with Crippen molar-refractivity contribution in [3.63, 3.8) is 0 Å². The van der Waals surface area contributed by atoms with Crippen molar-refractivity contribution in [1.82, 2.24) is 4.90 Å². The van der Waals surface area contributed by atoms with Gasteiger partial charge in [0.1, 0.15) is 0 Å². The van der Waals surface area contributed by atoms with Crippen molar-refractivity contribution in [2.75, 3.05) is 19.6 Å². The summed E-state index contributed by atoms with van der Waals surface area (Å²) < 4.78 is 0. The summed E-state index contributed by atoms with van der Waals surface area (Å²) in [5.74, 6) is 0. The van der Waals surface area contributed by atoms with Gasteiger partial charge in [0.05, 0.1) is 8.07 Å². The van der Waals surface area contributed by atoms with Gasteiger partial charge in [-0.15, -0.1) is 6.58 Å². The highest BCUT2D eigenvalue weighted by Crippen LogP contribution is 2.18. The molecule has 17 heavy (non-hydrogen) atoms. The predicted molar refractivity (Wildman–Crippen MR) is 83.4 cm³/mol. The van der Waals surface area contributed by atoms with Gasteiger partial charge in [-0.1, -0.05) is 45.0 Å². The number of rotatable bonds is 10. The minimum absolute atomic E-state index is 1.16. The lowest BCUT2D eigenvalue weighted by molar-refractivity contribution is 0.278. The Morgan fingerprint density at radius 3 is 1.82 bits per heavy atom. The van der Waals surface area contributed by atoms with Crippen molar-refractivity contribution in [2.45, 2.75) is 65.6 Å². The van der Waals surface area contributed by atoms with E-state index in [1.165, 1.54) is 56.6 Å². The van der Waals surface area contributed by atoms with Crippen LogP contribution in [0.25, 0.3) is 0 Å². The second-order valence-electron chi connectivity index (χ2n) is 5.96. The fourth-order valence-corrected chi connectivity index (χ4v) is 3.05. The molecular weight excluding hydrogens is 222 g/mol. The van der Waals surface area contributed by atoms with Crippen molar-refractivity contribution >= 4 is 8.07 Å². The summed E-state index contributed by atoms with van der Waals surface area (Å²) in [5, 5.41) is 1.45. The molecule has 0 saturated heterocycles. The lowest BCUT2D eigenvalue weighted by Gasteiger charge is -2.28. The molecule has 0 aliphatic carbocycles. The van der Waals surface area contributed by atoms with Gasteiger partial charge in [-0.05, 0) is 45.4 Å². The third-order valence-electron chi connectivity index (χ3n) is 3.86. The van der Waals surface area contributed by atoms with Gasteiger partial charge in [-0.3, -0.25) is 0 Å². The normalized spacial score (nSPS) is 12.1. The standard InChI is InChI=1S/C15H33NSi/c1-7-9-11-16(12-10-8-2)13-14-17(5,6)15(3)4/h3,7-14H2,1-2,4-6H3. The van der Waals surface area contributed by atoms with Crippen molar-refractivity contribution in [3.8, 4) is 0 Å². The zero-order valence-electron chi connectivity index (χ0n) is 12.8. The van der Waals surface area contributed by atoms with Gasteiger partial charge >= 0.3 is 0 Å². The van der Waals surface area contributed by atoms with Gasteiger partial charge in [0.15, 0.2) is 0 Å². The zero-order valence-corrected chi connectivity index (χ0v) is 13.8. The molecule has 0 spiro atoms. The summed E-state index contributed by atoms with van der Waals surface area (Å²) in [6.07, 6.45) is 5.31. The van der Waals surface area contributed by atoms with E-state index in [9.17, 15) is 0 Å². The lowest BCUT2D eigenvalue weighted by atomic mass is 10.2. The van der Waals surface area contributed by atoms with Crippen molar-refractivity contribution in [2.24, 2.45) is 0 Å². The zero-order chi connectivity index (χ0) is 13.3. The molecule has 0 heterocycles. The highest BCUT2D eigenvalue weighted by Gasteiger charge is 2.22. The topological polar surface area (TPSA) is 3.24 Å². The molecule has 0 bridgehead atoms. The molecule has 102 valence electrons. The van der Waals surface area contributed by atoms with Crippen molar-refractivity contribution in [1.29, 1.82) is 0 Å². The Kier molecular flexibility index (Phi) is 8.88. The Morgan fingerprint density at radius 2 is 1.47 bits per heavy atom. The van der Waals surface area contributed by atoms with E-state index in [2.05, 4.69) is 45.3 Å². The molecule has 0 N–H and O–H groups in total. The second-order valence-corrected chi connectivity index (χ2v) is 11.1. The SMILES string of the molecule is C=C(C)[Si](C)(C)CCN(CCCC)CCCC. The van der Waals surface area contributed by atoms with E-state index in [1.54, 1.807) is 0 Å². The van der Waals surface area contributed by atoms with Crippen LogP contribution in [0, 0.1) is 0 Å². The Labute approximate surface area is 110 Å². The molecule has 0 radical (unpaired) electrons. The first-order chi connectivity index (χ1) is 7.94. The Hall–Kier alpha value is -0.0831. The average Bonchev–Trinajstić information content (AvgIpc) is 2.28. The first-order valence-corrected chi connectivity index (χ1v) is 10.5. The van der Waals surface area contributed by atoms with Crippen LogP contribution < -0.4 is 0 Å². The maximum Gasteiger partial charge on any atom is 0.0755 e. The van der Waals surface area contributed by atoms with Crippen LogP contribution >= 0.6 is 0 Å². The fourth-order valence-electron chi connectivity index (χ4n) is 1.75. The maximum atomic E-state index is 4.17. The molecule has 0 unspecified atom stereocenters. The van der Waals surface area contributed by atoms with Gasteiger partial charge in [-0.25, -0.2) is 0 Å². The van der Waals surface area contributed by atoms with Gasteiger partial charge in [0, 0.05) is 0 Å². The molecule has 0 fully saturated rings. The molecule has 0 aliphatic heterocycles. The molecule has 0 saturated carbocycles. The van der Waals surface area contributed by atoms with Crippen LogP contribution in [0.5, 0.6) is 0 Å². The van der Waals surface area contributed by atoms with E-state index in [4.69, 9.17) is 0 Å². The molecular formula is C15H33NSi. The molecule has 0 aromatic rings. The van der Waals surface area contributed by atoms with Gasteiger partial charge < -0.3 is 4.90 Å². The van der Waals surface area contributed by atoms with E-state index in [0.717, 1.165) is 0 Å². The van der Waals surface area contributed by atoms with Gasteiger partial charge in [0.2, 0.25) is 0 Å². The van der Waals surface area contributed by atoms with Gasteiger partial charge in [0.25, 0.3) is 0 Å². The van der Waals surface area contributed by atoms with Crippen molar-refractivity contribution in [3.05, 3.63) is 11.8 Å². The number of allylic oxidation sites excluding steroid dienone is 1. The first kappa shape index (κ1) is 16.9. The van der Waals surface area contributed by atoms with E-state index in [1.807, 2.05) is 0 Å². The van der Waals surface area contributed by atoms with Crippen LogP contribution in [0.3, 0.4) is 0 Å². The average molecular weight is 256 g/mol. The monoisotopic (exact) mass is 255 g/mol. The van der Waals surface area contributed by atoms with Crippen LogP contribution in [0.2, 0.25) is 19.1 Å². The Morgan fingerprint density at radius 1 is 1.00 bits per heavy atom. The highest BCUT2D eigenvalue weighted by atomic mass is 28.3. The Balaban J connectivity index is 4.09. The molecule has 0 rings (SSSR count). The minimum atomic E-state index is -1.16. The third kappa shape index (κ3) is 7.77. The van der Waals surface area contributed by atoms with Crippen LogP contribution in [0.1, 0.15) is 46.5 Å². The summed E-state index contributed by atoms with van der Waals surface area (Å²) >= 11 is 0. The van der Waals surface area contributed by atoms with E-state index in [-0.39, 0.29) is 0 Å². The molecule has 0 aromatic carbocycles. The maximum absolute atomic E-state index is 4.17. The molecule has 0 aromatic heterocycles. The summed E-state index contributed by atoms with van der Waals surface area (Å²) in [5.41, 5.74) is 0. The smallest absolute Gasteiger partial charge is 0.0755 e. The molecule has 0 atom stereocenters. The number of unbranched alkanes of at least 4 members (excludes halogenated alkanes) is 2. The summed E-state index contributed by atoms with van der Waals surface area (Å²) in [6.45, 7) is 19.7. The van der Waals surface area contributed by atoms with Crippen LogP contribution in [0.15, 0.2) is 11.8 Å². The highest BCUT2D eigenvalue weighted by molar-refractivity contribution is 6.84. The van der Waals surface area contributed by atoms with Crippen LogP contribution in [-0.2, 0) is 0 Å². The predicted octanol–water partition coefficient (Wildman–Crippen LogP) is 4.71. The molecule has 0 amide bonds. The summed E-state index contributed by atoms with van der Waals surface area (Å²) in [6, 6.07) is 1.37. The number of hydrogen-bond acceptors (Lipinski definition) is 1. The Bertz CT molecular complexity index is 203. The minimum Gasteiger partial charge on any atom is -0.304 e. The van der Waals surface area contributed by atoms with E-state index < -0.39 is 8.07 Å². The van der Waals surface area contributed by atoms with Gasteiger partial charge in [-0.2, -0.15) is 0 Å². The third-order valence-corrected chi connectivity index (χ3v) is 7.65. The number of nitrogens with zero attached hydrogens (tertiary/aromatic N) is 1. The number of hydrogen-bond donors (Lipinski definition) is 0. The van der Waals surface area contributed by atoms with Crippen LogP contribution in [0.4, 0.5) is 0 Å². The van der Waals surface area contributed by atoms with E-state index >= 15 is 0 Å². The fraction of sp³-hybridized carbons (Fsp3) is 0.867. The first-order valence-electron chi connectivity index (χ1n) is 7.32. The van der Waals surface area contributed by atoms with E-state index in [0.29, 0.717) is 0 Å². The summed E-state index contributed by atoms with van der Waals surface area (Å²) in [4.78, 5) is 2.67. The second kappa shape index (κ2) is 8.93. The molecule has 0 aliphatic rings. The van der Waals surface area contributed by atoms with Crippen LogP contribution in [-0.4, -0.2) is 32.6 Å². The largest absolute Gasteiger partial charge is 0.304 e.